The minimum atomic E-state index is -0.978. The molecule has 10 heteroatoms. The Balaban J connectivity index is 0.00000462. The fourth-order valence-electron chi connectivity index (χ4n) is 5.02. The first-order valence-corrected chi connectivity index (χ1v) is 13.6. The van der Waals surface area contributed by atoms with Crippen molar-refractivity contribution in [1.82, 2.24) is 10.6 Å². The first-order chi connectivity index (χ1) is 19.2. The maximum Gasteiger partial charge on any atom is 0.303 e. The minimum absolute atomic E-state index is 0. The summed E-state index contributed by atoms with van der Waals surface area (Å²) in [5.74, 6) is -1.78. The molecule has 0 bridgehead atoms. The zero-order valence-electron chi connectivity index (χ0n) is 23.6. The highest BCUT2D eigenvalue weighted by molar-refractivity contribution is 6.08. The van der Waals surface area contributed by atoms with E-state index in [2.05, 4.69) is 16.7 Å². The van der Waals surface area contributed by atoms with Gasteiger partial charge in [-0.3, -0.25) is 19.2 Å². The second-order valence-electron chi connectivity index (χ2n) is 10.2. The van der Waals surface area contributed by atoms with Crippen LogP contribution in [0.25, 0.3) is 10.8 Å². The van der Waals surface area contributed by atoms with Crippen LogP contribution < -0.4 is 20.4 Å². The highest BCUT2D eigenvalue weighted by Gasteiger charge is 2.37. The van der Waals surface area contributed by atoms with Crippen LogP contribution in [0.3, 0.4) is 0 Å². The molecular weight excluding hydrogens is 544 g/mol. The summed E-state index contributed by atoms with van der Waals surface area (Å²) in [6.07, 6.45) is 0.902. The maximum atomic E-state index is 14.2. The monoisotopic (exact) mass is 580 g/mol. The number of likely N-dealkylation sites (N-methyl/N-ethyl adjacent to an activating group) is 1. The Morgan fingerprint density at radius 1 is 0.976 bits per heavy atom. The van der Waals surface area contributed by atoms with Gasteiger partial charge in [0, 0.05) is 12.8 Å². The molecule has 41 heavy (non-hydrogen) atoms. The fraction of sp³-hybridized carbons (Fsp3) is 0.355. The van der Waals surface area contributed by atoms with Crippen LogP contribution >= 0.6 is 12.4 Å². The SMILES string of the molecule is CNC(C)C(=O)NC1CN(C(=O)CCCCC(=O)O)c2ccccc2N(Cc2c(C)ccc3ccccc23)C1=O.Cl. The number of amides is 3. The Kier molecular flexibility index (Phi) is 10.9. The zero-order chi connectivity index (χ0) is 28.8. The van der Waals surface area contributed by atoms with Crippen LogP contribution in [0.4, 0.5) is 11.4 Å². The van der Waals surface area contributed by atoms with E-state index in [1.807, 2.05) is 55.5 Å². The zero-order valence-corrected chi connectivity index (χ0v) is 24.4. The van der Waals surface area contributed by atoms with Gasteiger partial charge in [-0.15, -0.1) is 12.4 Å². The third kappa shape index (κ3) is 7.23. The molecule has 0 aromatic heterocycles. The number of fused-ring (bicyclic) bond motifs is 2. The van der Waals surface area contributed by atoms with Crippen LogP contribution in [0, 0.1) is 6.92 Å². The Bertz CT molecular complexity index is 1430. The van der Waals surface area contributed by atoms with Gasteiger partial charge in [-0.05, 0) is 67.8 Å². The molecule has 4 rings (SSSR count). The Hall–Kier alpha value is -3.95. The number of halogens is 1. The number of hydrogen-bond donors (Lipinski definition) is 3. The molecule has 3 aromatic carbocycles. The van der Waals surface area contributed by atoms with Crippen LogP contribution in [0.1, 0.15) is 43.7 Å². The lowest BCUT2D eigenvalue weighted by Gasteiger charge is -2.27. The van der Waals surface area contributed by atoms with Crippen LogP contribution in [0.2, 0.25) is 0 Å². The fourth-order valence-corrected chi connectivity index (χ4v) is 5.02. The number of rotatable bonds is 10. The average Bonchev–Trinajstić information content (AvgIpc) is 3.06. The summed E-state index contributed by atoms with van der Waals surface area (Å²) in [6, 6.07) is 17.9. The highest BCUT2D eigenvalue weighted by atomic mass is 35.5. The molecule has 0 radical (unpaired) electrons. The number of nitrogens with one attached hydrogen (secondary N) is 2. The van der Waals surface area contributed by atoms with Crippen LogP contribution in [-0.2, 0) is 25.7 Å². The molecule has 3 amide bonds. The molecule has 3 aromatic rings. The van der Waals surface area contributed by atoms with Gasteiger partial charge in [-0.2, -0.15) is 0 Å². The maximum absolute atomic E-state index is 14.2. The summed E-state index contributed by atoms with van der Waals surface area (Å²) in [5, 5.41) is 16.8. The summed E-state index contributed by atoms with van der Waals surface area (Å²) in [5.41, 5.74) is 3.18. The number of carboxylic acid groups (broad SMARTS) is 1. The lowest BCUT2D eigenvalue weighted by Crippen LogP contribution is -2.55. The quantitative estimate of drug-likeness (QED) is 0.309. The van der Waals surface area contributed by atoms with Crippen molar-refractivity contribution in [1.29, 1.82) is 0 Å². The van der Waals surface area contributed by atoms with Crippen molar-refractivity contribution >= 4 is 58.2 Å². The van der Waals surface area contributed by atoms with Crippen LogP contribution in [0.15, 0.2) is 60.7 Å². The van der Waals surface area contributed by atoms with Crippen LogP contribution in [0.5, 0.6) is 0 Å². The highest BCUT2D eigenvalue weighted by Crippen LogP contribution is 2.36. The number of para-hydroxylation sites is 2. The molecule has 218 valence electrons. The number of aliphatic carboxylic acids is 1. The molecule has 1 aliphatic heterocycles. The van der Waals surface area contributed by atoms with Crippen molar-refractivity contribution < 1.29 is 24.3 Å². The number of carbonyl (C=O) groups excluding carboxylic acids is 3. The van der Waals surface area contributed by atoms with Crippen LogP contribution in [-0.4, -0.2) is 54.5 Å². The summed E-state index contributed by atoms with van der Waals surface area (Å²) in [4.78, 5) is 54.8. The van der Waals surface area contributed by atoms with Gasteiger partial charge in [0.05, 0.1) is 30.5 Å². The number of carbonyl (C=O) groups is 4. The molecule has 3 N–H and O–H groups in total. The number of anilines is 2. The molecule has 0 aliphatic carbocycles. The van der Waals surface area contributed by atoms with Crippen molar-refractivity contribution in [2.24, 2.45) is 0 Å². The van der Waals surface area contributed by atoms with E-state index in [4.69, 9.17) is 5.11 Å². The van der Waals surface area contributed by atoms with Gasteiger partial charge >= 0.3 is 5.97 Å². The normalized spacial score (nSPS) is 15.5. The molecule has 0 saturated heterocycles. The summed E-state index contributed by atoms with van der Waals surface area (Å²) in [6.45, 7) is 3.95. The lowest BCUT2D eigenvalue weighted by atomic mass is 9.99. The van der Waals surface area contributed by atoms with Crippen molar-refractivity contribution in [2.45, 2.75) is 58.2 Å². The minimum Gasteiger partial charge on any atom is -0.481 e. The number of carboxylic acids is 1. The largest absolute Gasteiger partial charge is 0.481 e. The predicted molar refractivity (Wildman–Crippen MR) is 162 cm³/mol. The van der Waals surface area contributed by atoms with Gasteiger partial charge in [-0.1, -0.05) is 48.5 Å². The topological polar surface area (TPSA) is 119 Å². The summed E-state index contributed by atoms with van der Waals surface area (Å²) >= 11 is 0. The van der Waals surface area contributed by atoms with Gasteiger partial charge in [-0.25, -0.2) is 0 Å². The molecule has 0 saturated carbocycles. The predicted octanol–water partition coefficient (Wildman–Crippen LogP) is 4.19. The molecule has 1 aliphatic rings. The van der Waals surface area contributed by atoms with Gasteiger partial charge in [0.25, 0.3) is 5.91 Å². The van der Waals surface area contributed by atoms with Gasteiger partial charge in [0.2, 0.25) is 11.8 Å². The molecule has 9 nitrogen and oxygen atoms in total. The van der Waals surface area contributed by atoms with Gasteiger partial charge < -0.3 is 25.5 Å². The average molecular weight is 581 g/mol. The number of hydrogen-bond acceptors (Lipinski definition) is 5. The first-order valence-electron chi connectivity index (χ1n) is 13.6. The van der Waals surface area contributed by atoms with Crippen molar-refractivity contribution in [3.05, 3.63) is 71.8 Å². The van der Waals surface area contributed by atoms with E-state index in [0.717, 1.165) is 21.9 Å². The molecule has 1 heterocycles. The molecular formula is C31H37ClN4O5. The summed E-state index contributed by atoms with van der Waals surface area (Å²) in [7, 11) is 1.66. The van der Waals surface area contributed by atoms with E-state index in [0.29, 0.717) is 24.2 Å². The Labute approximate surface area is 246 Å². The van der Waals surface area contributed by atoms with E-state index >= 15 is 0 Å². The lowest BCUT2D eigenvalue weighted by molar-refractivity contribution is -0.137. The Morgan fingerprint density at radius 3 is 2.34 bits per heavy atom. The van der Waals surface area contributed by atoms with Gasteiger partial charge in [0.1, 0.15) is 6.04 Å². The standard InChI is InChI=1S/C31H36N4O5.ClH/c1-20-16-17-22-10-4-5-11-23(22)24(20)18-35-27-13-7-6-12-26(27)34(28(36)14-8-9-15-29(37)38)19-25(31(35)40)33-30(39)21(2)32-3;/h4-7,10-13,16-17,21,25,32H,8-9,14-15,18-19H2,1-3H3,(H,33,39)(H,37,38);1H. The van der Waals surface area contributed by atoms with Crippen molar-refractivity contribution in [3.8, 4) is 0 Å². The second-order valence-corrected chi connectivity index (χ2v) is 10.2. The third-order valence-electron chi connectivity index (χ3n) is 7.46. The number of aryl methyl sites for hydroxylation is 1. The molecule has 2 atom stereocenters. The van der Waals surface area contributed by atoms with E-state index in [1.165, 1.54) is 0 Å². The number of benzene rings is 3. The van der Waals surface area contributed by atoms with Gasteiger partial charge in [0.15, 0.2) is 0 Å². The second kappa shape index (κ2) is 14.1. The first kappa shape index (κ1) is 31.6. The summed E-state index contributed by atoms with van der Waals surface area (Å²) < 4.78 is 0. The smallest absolute Gasteiger partial charge is 0.303 e. The molecule has 0 spiro atoms. The van der Waals surface area contributed by atoms with Crippen molar-refractivity contribution in [3.63, 3.8) is 0 Å². The third-order valence-corrected chi connectivity index (χ3v) is 7.46. The number of nitrogens with zero attached hydrogens (tertiary/aromatic N) is 2. The van der Waals surface area contributed by atoms with Crippen molar-refractivity contribution in [2.75, 3.05) is 23.4 Å². The number of unbranched alkanes of at least 4 members (excludes halogenated alkanes) is 1. The van der Waals surface area contributed by atoms with E-state index in [-0.39, 0.29) is 56.1 Å². The Morgan fingerprint density at radius 2 is 1.63 bits per heavy atom. The molecule has 0 fully saturated rings. The van der Waals surface area contributed by atoms with E-state index in [1.54, 1.807) is 29.8 Å². The van der Waals surface area contributed by atoms with E-state index in [9.17, 15) is 19.2 Å². The molecule has 2 unspecified atom stereocenters. The van der Waals surface area contributed by atoms with E-state index < -0.39 is 18.1 Å².